The SMILES string of the molecule is CCN1CCN(C2=N[C@H](C(=O)Nc3cccc(C(F)(F)F)c3)CC(=O)N2)CC1. The number of rotatable bonds is 3. The molecule has 1 saturated heterocycles. The molecule has 2 aliphatic heterocycles. The molecule has 0 saturated carbocycles. The number of benzene rings is 1. The average molecular weight is 397 g/mol. The van der Waals surface area contributed by atoms with Crippen LogP contribution in [0, 0.1) is 0 Å². The van der Waals surface area contributed by atoms with Gasteiger partial charge in [0.05, 0.1) is 12.0 Å². The fraction of sp³-hybridized carbons (Fsp3) is 0.500. The van der Waals surface area contributed by atoms with Gasteiger partial charge in [-0.3, -0.25) is 14.9 Å². The summed E-state index contributed by atoms with van der Waals surface area (Å²) >= 11 is 0. The second kappa shape index (κ2) is 8.17. The lowest BCUT2D eigenvalue weighted by Gasteiger charge is -2.37. The summed E-state index contributed by atoms with van der Waals surface area (Å²) in [4.78, 5) is 33.0. The van der Waals surface area contributed by atoms with Crippen LogP contribution in [0.15, 0.2) is 29.3 Å². The smallest absolute Gasteiger partial charge is 0.340 e. The van der Waals surface area contributed by atoms with Gasteiger partial charge in [-0.05, 0) is 24.7 Å². The zero-order chi connectivity index (χ0) is 20.3. The van der Waals surface area contributed by atoms with Gasteiger partial charge in [0.15, 0.2) is 0 Å². The third-order valence-corrected chi connectivity index (χ3v) is 4.79. The van der Waals surface area contributed by atoms with E-state index in [4.69, 9.17) is 0 Å². The number of alkyl halides is 3. The van der Waals surface area contributed by atoms with Crippen molar-refractivity contribution in [2.45, 2.75) is 25.6 Å². The molecule has 7 nitrogen and oxygen atoms in total. The van der Waals surface area contributed by atoms with E-state index in [1.54, 1.807) is 0 Å². The van der Waals surface area contributed by atoms with E-state index in [-0.39, 0.29) is 18.0 Å². The Morgan fingerprint density at radius 1 is 1.29 bits per heavy atom. The first-order chi connectivity index (χ1) is 13.3. The summed E-state index contributed by atoms with van der Waals surface area (Å²) in [5.41, 5.74) is -0.844. The zero-order valence-electron chi connectivity index (χ0n) is 15.4. The molecule has 10 heteroatoms. The van der Waals surface area contributed by atoms with E-state index < -0.39 is 23.7 Å². The highest BCUT2D eigenvalue weighted by molar-refractivity contribution is 6.06. The second-order valence-electron chi connectivity index (χ2n) is 6.71. The lowest BCUT2D eigenvalue weighted by molar-refractivity contribution is -0.137. The number of carbonyl (C=O) groups excluding carboxylic acids is 2. The standard InChI is InChI=1S/C18H22F3N5O2/c1-2-25-6-8-26(9-7-25)17-23-14(11-15(27)24-17)16(28)22-13-5-3-4-12(10-13)18(19,20)21/h3-5,10,14H,2,6-9,11H2,1H3,(H,22,28)(H,23,24,27)/t14-/m0/s1. The minimum Gasteiger partial charge on any atom is -0.340 e. The van der Waals surface area contributed by atoms with E-state index in [2.05, 4.69) is 27.4 Å². The summed E-state index contributed by atoms with van der Waals surface area (Å²) in [6.07, 6.45) is -4.65. The number of anilines is 1. The van der Waals surface area contributed by atoms with Crippen LogP contribution in [0.3, 0.4) is 0 Å². The Labute approximate surface area is 160 Å². The van der Waals surface area contributed by atoms with Gasteiger partial charge in [-0.2, -0.15) is 13.2 Å². The van der Waals surface area contributed by atoms with Crippen LogP contribution in [0.2, 0.25) is 0 Å². The fourth-order valence-corrected chi connectivity index (χ4v) is 3.16. The summed E-state index contributed by atoms with van der Waals surface area (Å²) in [5, 5.41) is 5.12. The topological polar surface area (TPSA) is 77.0 Å². The molecule has 2 aliphatic rings. The summed E-state index contributed by atoms with van der Waals surface area (Å²) in [6, 6.07) is 3.38. The Bertz CT molecular complexity index is 773. The van der Waals surface area contributed by atoms with Gasteiger partial charge in [0, 0.05) is 31.9 Å². The molecule has 1 atom stereocenters. The van der Waals surface area contributed by atoms with Gasteiger partial charge < -0.3 is 15.1 Å². The van der Waals surface area contributed by atoms with Crippen molar-refractivity contribution in [1.29, 1.82) is 0 Å². The molecule has 2 heterocycles. The predicted octanol–water partition coefficient (Wildman–Crippen LogP) is 1.53. The average Bonchev–Trinajstić information content (AvgIpc) is 2.67. The molecule has 0 unspecified atom stereocenters. The van der Waals surface area contributed by atoms with Crippen LogP contribution >= 0.6 is 0 Å². The summed E-state index contributed by atoms with van der Waals surface area (Å²) in [5.74, 6) is -0.609. The van der Waals surface area contributed by atoms with Crippen molar-refractivity contribution >= 4 is 23.5 Å². The van der Waals surface area contributed by atoms with Gasteiger partial charge in [0.1, 0.15) is 6.04 Å². The minimum atomic E-state index is -4.50. The highest BCUT2D eigenvalue weighted by Gasteiger charge is 2.32. The lowest BCUT2D eigenvalue weighted by Crippen LogP contribution is -2.56. The van der Waals surface area contributed by atoms with Gasteiger partial charge in [-0.1, -0.05) is 13.0 Å². The number of likely N-dealkylation sites (N-methyl/N-ethyl adjacent to an activating group) is 1. The van der Waals surface area contributed by atoms with Crippen LogP contribution in [0.1, 0.15) is 18.9 Å². The van der Waals surface area contributed by atoms with Gasteiger partial charge in [0.2, 0.25) is 17.8 Å². The Hall–Kier alpha value is -2.62. The molecule has 1 fully saturated rings. The number of nitrogens with one attached hydrogen (secondary N) is 2. The van der Waals surface area contributed by atoms with Crippen molar-refractivity contribution in [3.8, 4) is 0 Å². The molecular weight excluding hydrogens is 375 g/mol. The molecule has 152 valence electrons. The maximum atomic E-state index is 12.8. The monoisotopic (exact) mass is 397 g/mol. The molecule has 0 radical (unpaired) electrons. The molecule has 1 aromatic rings. The zero-order valence-corrected chi connectivity index (χ0v) is 15.4. The first-order valence-electron chi connectivity index (χ1n) is 9.09. The number of piperazine rings is 1. The Balaban J connectivity index is 1.70. The summed E-state index contributed by atoms with van der Waals surface area (Å²) in [7, 11) is 0. The fourth-order valence-electron chi connectivity index (χ4n) is 3.16. The molecule has 0 bridgehead atoms. The Morgan fingerprint density at radius 2 is 2.00 bits per heavy atom. The van der Waals surface area contributed by atoms with E-state index in [9.17, 15) is 22.8 Å². The third kappa shape index (κ3) is 4.80. The van der Waals surface area contributed by atoms with Crippen LogP contribution in [-0.2, 0) is 15.8 Å². The van der Waals surface area contributed by atoms with Crippen molar-refractivity contribution in [2.75, 3.05) is 38.0 Å². The van der Waals surface area contributed by atoms with Crippen molar-refractivity contribution in [1.82, 2.24) is 15.1 Å². The van der Waals surface area contributed by atoms with Crippen molar-refractivity contribution in [3.63, 3.8) is 0 Å². The lowest BCUT2D eigenvalue weighted by atomic mass is 10.1. The van der Waals surface area contributed by atoms with Gasteiger partial charge in [0.25, 0.3) is 0 Å². The van der Waals surface area contributed by atoms with Crippen LogP contribution < -0.4 is 10.6 Å². The molecular formula is C18H22F3N5O2. The highest BCUT2D eigenvalue weighted by atomic mass is 19.4. The van der Waals surface area contributed by atoms with Crippen molar-refractivity contribution in [3.05, 3.63) is 29.8 Å². The van der Waals surface area contributed by atoms with Crippen molar-refractivity contribution in [2.24, 2.45) is 4.99 Å². The number of amides is 2. The largest absolute Gasteiger partial charge is 0.416 e. The van der Waals surface area contributed by atoms with Crippen LogP contribution in [0.4, 0.5) is 18.9 Å². The normalized spacial score (nSPS) is 21.1. The van der Waals surface area contributed by atoms with Crippen LogP contribution in [0.5, 0.6) is 0 Å². The van der Waals surface area contributed by atoms with E-state index in [1.165, 1.54) is 12.1 Å². The summed E-state index contributed by atoms with van der Waals surface area (Å²) in [6.45, 7) is 6.02. The molecule has 2 amide bonds. The number of hydrogen-bond donors (Lipinski definition) is 2. The molecule has 28 heavy (non-hydrogen) atoms. The number of halogens is 3. The van der Waals surface area contributed by atoms with E-state index in [0.29, 0.717) is 19.0 Å². The minimum absolute atomic E-state index is 0.0131. The van der Waals surface area contributed by atoms with Gasteiger partial charge in [-0.15, -0.1) is 0 Å². The molecule has 2 N–H and O–H groups in total. The molecule has 1 aromatic carbocycles. The van der Waals surface area contributed by atoms with E-state index in [1.807, 2.05) is 4.90 Å². The predicted molar refractivity (Wildman–Crippen MR) is 97.7 cm³/mol. The molecule has 0 spiro atoms. The number of guanidine groups is 1. The highest BCUT2D eigenvalue weighted by Crippen LogP contribution is 2.30. The summed E-state index contributed by atoms with van der Waals surface area (Å²) < 4.78 is 38.5. The van der Waals surface area contributed by atoms with Gasteiger partial charge >= 0.3 is 6.18 Å². The molecule has 0 aromatic heterocycles. The maximum Gasteiger partial charge on any atom is 0.416 e. The van der Waals surface area contributed by atoms with Crippen LogP contribution in [0.25, 0.3) is 0 Å². The van der Waals surface area contributed by atoms with E-state index in [0.717, 1.165) is 31.8 Å². The number of aliphatic imine (C=N–C) groups is 1. The number of hydrogen-bond acceptors (Lipinski definition) is 5. The van der Waals surface area contributed by atoms with Crippen molar-refractivity contribution < 1.29 is 22.8 Å². The van der Waals surface area contributed by atoms with Gasteiger partial charge in [-0.25, -0.2) is 4.99 Å². The van der Waals surface area contributed by atoms with E-state index >= 15 is 0 Å². The first kappa shape index (κ1) is 20.1. The molecule has 0 aliphatic carbocycles. The molecule has 3 rings (SSSR count). The quantitative estimate of drug-likeness (QED) is 0.811. The maximum absolute atomic E-state index is 12.8. The van der Waals surface area contributed by atoms with Crippen LogP contribution in [-0.4, -0.2) is 66.3 Å². The second-order valence-corrected chi connectivity index (χ2v) is 6.71. The third-order valence-electron chi connectivity index (χ3n) is 4.79. The first-order valence-corrected chi connectivity index (χ1v) is 9.09. The number of carbonyl (C=O) groups is 2. The Morgan fingerprint density at radius 3 is 2.64 bits per heavy atom. The Kier molecular flexibility index (Phi) is 5.87. The number of nitrogens with zero attached hydrogens (tertiary/aromatic N) is 3.